The Balaban J connectivity index is 2.15. The number of carbonyl (C=O) groups excluding carboxylic acids is 1. The van der Waals surface area contributed by atoms with E-state index in [2.05, 4.69) is 4.74 Å². The van der Waals surface area contributed by atoms with E-state index in [-0.39, 0.29) is 31.0 Å². The van der Waals surface area contributed by atoms with Gasteiger partial charge in [-0.2, -0.15) is 4.31 Å². The molecular formula is C13H16FNO5S. The molecule has 1 aromatic carbocycles. The van der Waals surface area contributed by atoms with Crippen molar-refractivity contribution in [1.29, 1.82) is 0 Å². The average Bonchev–Trinajstić information content (AvgIpc) is 2.47. The van der Waals surface area contributed by atoms with E-state index in [9.17, 15) is 17.6 Å². The van der Waals surface area contributed by atoms with Crippen molar-refractivity contribution in [3.63, 3.8) is 0 Å². The van der Waals surface area contributed by atoms with Crippen LogP contribution in [0.2, 0.25) is 0 Å². The minimum Gasteiger partial charge on any atom is -0.469 e. The first-order chi connectivity index (χ1) is 9.93. The number of nitrogens with zero attached hydrogens (tertiary/aromatic N) is 1. The predicted molar refractivity (Wildman–Crippen MR) is 71.5 cm³/mol. The van der Waals surface area contributed by atoms with Gasteiger partial charge in [0.25, 0.3) is 0 Å². The van der Waals surface area contributed by atoms with Gasteiger partial charge in [-0.05, 0) is 18.2 Å². The molecule has 0 bridgehead atoms. The van der Waals surface area contributed by atoms with Crippen LogP contribution in [0.3, 0.4) is 0 Å². The van der Waals surface area contributed by atoms with Crippen LogP contribution in [0.15, 0.2) is 29.2 Å². The number of hydrogen-bond donors (Lipinski definition) is 0. The molecule has 1 heterocycles. The lowest BCUT2D eigenvalue weighted by atomic mass is 10.2. The second-order valence-corrected chi connectivity index (χ2v) is 6.53. The smallest absolute Gasteiger partial charge is 0.308 e. The van der Waals surface area contributed by atoms with Crippen LogP contribution in [0.5, 0.6) is 0 Å². The van der Waals surface area contributed by atoms with Crippen molar-refractivity contribution >= 4 is 16.0 Å². The third kappa shape index (κ3) is 3.78. The molecule has 0 spiro atoms. The van der Waals surface area contributed by atoms with Crippen LogP contribution in [0.25, 0.3) is 0 Å². The summed E-state index contributed by atoms with van der Waals surface area (Å²) in [5.74, 6) is -1.08. The zero-order chi connectivity index (χ0) is 15.5. The maximum atomic E-state index is 13.2. The topological polar surface area (TPSA) is 72.9 Å². The lowest BCUT2D eigenvalue weighted by Crippen LogP contribution is -2.46. The molecule has 0 N–H and O–H groups in total. The standard InChI is InChI=1S/C13H16FNO5S/c1-19-13(16)8-11-9-15(5-6-20-11)21(17,18)12-4-2-3-10(14)7-12/h2-4,7,11H,5-6,8-9H2,1H3. The van der Waals surface area contributed by atoms with Crippen LogP contribution in [0.1, 0.15) is 6.42 Å². The number of esters is 1. The van der Waals surface area contributed by atoms with Gasteiger partial charge < -0.3 is 9.47 Å². The lowest BCUT2D eigenvalue weighted by molar-refractivity contribution is -0.145. The summed E-state index contributed by atoms with van der Waals surface area (Å²) in [6.07, 6.45) is -0.583. The molecule has 1 aromatic rings. The van der Waals surface area contributed by atoms with Crippen LogP contribution in [0.4, 0.5) is 4.39 Å². The minimum absolute atomic E-state index is 0.0222. The highest BCUT2D eigenvalue weighted by Gasteiger charge is 2.32. The molecule has 0 saturated carbocycles. The van der Waals surface area contributed by atoms with E-state index < -0.39 is 27.9 Å². The van der Waals surface area contributed by atoms with Gasteiger partial charge in [0.1, 0.15) is 5.82 Å². The van der Waals surface area contributed by atoms with Crippen LogP contribution in [-0.2, 0) is 24.3 Å². The summed E-state index contributed by atoms with van der Waals surface area (Å²) >= 11 is 0. The second kappa shape index (κ2) is 6.50. The molecule has 1 fully saturated rings. The molecule has 116 valence electrons. The number of benzene rings is 1. The van der Waals surface area contributed by atoms with Crippen molar-refractivity contribution < 1.29 is 27.1 Å². The number of rotatable bonds is 4. The largest absolute Gasteiger partial charge is 0.469 e. The normalized spacial score (nSPS) is 20.2. The summed E-state index contributed by atoms with van der Waals surface area (Å²) in [5, 5.41) is 0. The molecule has 0 aromatic heterocycles. The van der Waals surface area contributed by atoms with E-state index in [0.29, 0.717) is 0 Å². The minimum atomic E-state index is -3.80. The number of hydrogen-bond acceptors (Lipinski definition) is 5. The van der Waals surface area contributed by atoms with Crippen LogP contribution in [-0.4, -0.2) is 51.6 Å². The number of ether oxygens (including phenoxy) is 2. The number of methoxy groups -OCH3 is 1. The van der Waals surface area contributed by atoms with Gasteiger partial charge in [-0.3, -0.25) is 4.79 Å². The highest BCUT2D eigenvalue weighted by molar-refractivity contribution is 7.89. The first-order valence-electron chi connectivity index (χ1n) is 6.37. The van der Waals surface area contributed by atoms with Gasteiger partial charge in [-0.15, -0.1) is 0 Å². The number of halogens is 1. The van der Waals surface area contributed by atoms with E-state index in [0.717, 1.165) is 6.07 Å². The maximum absolute atomic E-state index is 13.2. The summed E-state index contributed by atoms with van der Waals surface area (Å²) in [6, 6.07) is 4.83. The van der Waals surface area contributed by atoms with Gasteiger partial charge in [0.05, 0.1) is 31.1 Å². The van der Waals surface area contributed by atoms with E-state index in [4.69, 9.17) is 4.74 Å². The van der Waals surface area contributed by atoms with Crippen LogP contribution < -0.4 is 0 Å². The van der Waals surface area contributed by atoms with Gasteiger partial charge in [-0.1, -0.05) is 6.07 Å². The van der Waals surface area contributed by atoms with E-state index in [1.807, 2.05) is 0 Å². The number of carbonyl (C=O) groups is 1. The van der Waals surface area contributed by atoms with E-state index in [1.54, 1.807) is 0 Å². The predicted octanol–water partition coefficient (Wildman–Crippen LogP) is 0.778. The highest BCUT2D eigenvalue weighted by Crippen LogP contribution is 2.20. The molecular weight excluding hydrogens is 301 g/mol. The fourth-order valence-electron chi connectivity index (χ4n) is 2.08. The fraction of sp³-hybridized carbons (Fsp3) is 0.462. The monoisotopic (exact) mass is 317 g/mol. The molecule has 1 atom stereocenters. The zero-order valence-corrected chi connectivity index (χ0v) is 12.3. The highest BCUT2D eigenvalue weighted by atomic mass is 32.2. The van der Waals surface area contributed by atoms with E-state index in [1.165, 1.54) is 29.6 Å². The van der Waals surface area contributed by atoms with Gasteiger partial charge in [-0.25, -0.2) is 12.8 Å². The quantitative estimate of drug-likeness (QED) is 0.767. The third-order valence-corrected chi connectivity index (χ3v) is 5.02. The Morgan fingerprint density at radius 3 is 2.95 bits per heavy atom. The molecule has 1 aliphatic rings. The Kier molecular flexibility index (Phi) is 4.92. The summed E-state index contributed by atoms with van der Waals surface area (Å²) in [6.45, 7) is 0.376. The van der Waals surface area contributed by atoms with Crippen molar-refractivity contribution in [1.82, 2.24) is 4.31 Å². The maximum Gasteiger partial charge on any atom is 0.308 e. The third-order valence-electron chi connectivity index (χ3n) is 3.16. The zero-order valence-electron chi connectivity index (χ0n) is 11.5. The van der Waals surface area contributed by atoms with Crippen molar-refractivity contribution in [3.05, 3.63) is 30.1 Å². The Hall–Kier alpha value is -1.51. The van der Waals surface area contributed by atoms with Crippen LogP contribution >= 0.6 is 0 Å². The molecule has 1 unspecified atom stereocenters. The van der Waals surface area contributed by atoms with Gasteiger partial charge in [0.15, 0.2) is 0 Å². The van der Waals surface area contributed by atoms with Crippen molar-refractivity contribution in [3.8, 4) is 0 Å². The molecule has 0 amide bonds. The van der Waals surface area contributed by atoms with Gasteiger partial charge >= 0.3 is 5.97 Å². The molecule has 21 heavy (non-hydrogen) atoms. The molecule has 1 saturated heterocycles. The molecule has 0 radical (unpaired) electrons. The SMILES string of the molecule is COC(=O)CC1CN(S(=O)(=O)c2cccc(F)c2)CCO1. The Morgan fingerprint density at radius 2 is 2.29 bits per heavy atom. The molecule has 2 rings (SSSR count). The Labute approximate surface area is 122 Å². The van der Waals surface area contributed by atoms with Crippen molar-refractivity contribution in [2.24, 2.45) is 0 Å². The first kappa shape index (κ1) is 15.9. The van der Waals surface area contributed by atoms with Gasteiger partial charge in [0, 0.05) is 13.1 Å². The molecule has 6 nitrogen and oxygen atoms in total. The number of morpholine rings is 1. The second-order valence-electron chi connectivity index (χ2n) is 4.59. The Bertz CT molecular complexity index is 619. The number of sulfonamides is 1. The lowest BCUT2D eigenvalue weighted by Gasteiger charge is -2.31. The summed E-state index contributed by atoms with van der Waals surface area (Å²) in [5.41, 5.74) is 0. The van der Waals surface area contributed by atoms with Crippen molar-refractivity contribution in [2.45, 2.75) is 17.4 Å². The summed E-state index contributed by atoms with van der Waals surface area (Å²) in [4.78, 5) is 11.1. The summed E-state index contributed by atoms with van der Waals surface area (Å²) in [7, 11) is -2.54. The van der Waals surface area contributed by atoms with Crippen LogP contribution in [0, 0.1) is 5.82 Å². The fourth-order valence-corrected chi connectivity index (χ4v) is 3.57. The van der Waals surface area contributed by atoms with E-state index >= 15 is 0 Å². The Morgan fingerprint density at radius 1 is 1.52 bits per heavy atom. The molecule has 1 aliphatic heterocycles. The first-order valence-corrected chi connectivity index (χ1v) is 7.81. The molecule has 8 heteroatoms. The van der Waals surface area contributed by atoms with Crippen molar-refractivity contribution in [2.75, 3.05) is 26.8 Å². The summed E-state index contributed by atoms with van der Waals surface area (Å²) < 4.78 is 49.1. The van der Waals surface area contributed by atoms with Gasteiger partial charge in [0.2, 0.25) is 10.0 Å². The molecule has 0 aliphatic carbocycles. The average molecular weight is 317 g/mol.